The SMILES string of the molecule is CN1CCCN(C2=NC=CCC2COC2=C(C=O)C(O)CC=C2)CC1. The molecule has 0 saturated carbocycles. The second-order valence-corrected chi connectivity index (χ2v) is 6.85. The molecule has 2 heterocycles. The molecule has 2 aliphatic heterocycles. The molecule has 3 rings (SSSR count). The second kappa shape index (κ2) is 8.45. The molecular formula is C19H27N3O3. The van der Waals surface area contributed by atoms with Gasteiger partial charge in [-0.25, -0.2) is 4.99 Å². The molecule has 6 heteroatoms. The molecule has 3 aliphatic rings. The van der Waals surface area contributed by atoms with Crippen molar-refractivity contribution >= 4 is 12.1 Å². The van der Waals surface area contributed by atoms with Crippen LogP contribution >= 0.6 is 0 Å². The Bertz CT molecular complexity index is 609. The van der Waals surface area contributed by atoms with Crippen LogP contribution in [0.1, 0.15) is 19.3 Å². The Hall–Kier alpha value is -1.92. The first-order chi connectivity index (χ1) is 12.2. The number of carbonyl (C=O) groups is 1. The van der Waals surface area contributed by atoms with E-state index in [0.717, 1.165) is 44.9 Å². The standard InChI is InChI=1S/C19H27N3O3/c1-21-9-4-10-22(12-11-21)19-15(5-3-8-20-19)14-25-18-7-2-6-17(24)16(18)13-23/h2-3,7-8,13,15,17,24H,4-6,9-12,14H2,1H3. The van der Waals surface area contributed by atoms with Crippen molar-refractivity contribution < 1.29 is 14.6 Å². The van der Waals surface area contributed by atoms with Gasteiger partial charge in [-0.05, 0) is 38.9 Å². The summed E-state index contributed by atoms with van der Waals surface area (Å²) in [5.41, 5.74) is 0.337. The van der Waals surface area contributed by atoms with E-state index in [1.807, 2.05) is 12.3 Å². The fourth-order valence-electron chi connectivity index (χ4n) is 3.47. The van der Waals surface area contributed by atoms with E-state index in [2.05, 4.69) is 27.9 Å². The van der Waals surface area contributed by atoms with E-state index in [4.69, 9.17) is 4.74 Å². The van der Waals surface area contributed by atoms with Gasteiger partial charge in [0, 0.05) is 25.8 Å². The van der Waals surface area contributed by atoms with E-state index in [9.17, 15) is 9.90 Å². The molecule has 0 aromatic carbocycles. The van der Waals surface area contributed by atoms with Gasteiger partial charge in [-0.15, -0.1) is 0 Å². The van der Waals surface area contributed by atoms with Crippen LogP contribution in [0.2, 0.25) is 0 Å². The van der Waals surface area contributed by atoms with E-state index in [1.165, 1.54) is 0 Å². The van der Waals surface area contributed by atoms with Crippen LogP contribution < -0.4 is 0 Å². The van der Waals surface area contributed by atoms with Gasteiger partial charge in [0.15, 0.2) is 6.29 Å². The molecule has 0 amide bonds. The summed E-state index contributed by atoms with van der Waals surface area (Å²) >= 11 is 0. The summed E-state index contributed by atoms with van der Waals surface area (Å²) in [5.74, 6) is 1.73. The average molecular weight is 345 g/mol. The van der Waals surface area contributed by atoms with Crippen LogP contribution in [0.4, 0.5) is 0 Å². The molecule has 136 valence electrons. The van der Waals surface area contributed by atoms with Crippen molar-refractivity contribution in [1.82, 2.24) is 9.80 Å². The predicted molar refractivity (Wildman–Crippen MR) is 97.2 cm³/mol. The Morgan fingerprint density at radius 1 is 1.28 bits per heavy atom. The molecule has 2 atom stereocenters. The molecule has 2 unspecified atom stereocenters. The third-order valence-electron chi connectivity index (χ3n) is 4.98. The molecule has 0 radical (unpaired) electrons. The van der Waals surface area contributed by atoms with Crippen molar-refractivity contribution in [3.05, 3.63) is 35.8 Å². The number of amidine groups is 1. The van der Waals surface area contributed by atoms with Crippen LogP contribution in [0.15, 0.2) is 40.8 Å². The van der Waals surface area contributed by atoms with Gasteiger partial charge >= 0.3 is 0 Å². The van der Waals surface area contributed by atoms with Crippen molar-refractivity contribution in [2.45, 2.75) is 25.4 Å². The molecule has 0 aromatic rings. The summed E-state index contributed by atoms with van der Waals surface area (Å²) in [6, 6.07) is 0. The van der Waals surface area contributed by atoms with Crippen molar-refractivity contribution in [2.24, 2.45) is 10.9 Å². The van der Waals surface area contributed by atoms with Crippen LogP contribution in [0, 0.1) is 5.92 Å². The molecule has 6 nitrogen and oxygen atoms in total. The number of hydrogen-bond acceptors (Lipinski definition) is 6. The van der Waals surface area contributed by atoms with Crippen LogP contribution in [-0.4, -0.2) is 73.0 Å². The summed E-state index contributed by atoms with van der Waals surface area (Å²) < 4.78 is 5.92. The number of rotatable bonds is 4. The van der Waals surface area contributed by atoms with Crippen LogP contribution in [0.25, 0.3) is 0 Å². The highest BCUT2D eigenvalue weighted by Crippen LogP contribution is 2.23. The van der Waals surface area contributed by atoms with Crippen molar-refractivity contribution in [3.63, 3.8) is 0 Å². The predicted octanol–water partition coefficient (Wildman–Crippen LogP) is 1.35. The Balaban J connectivity index is 1.67. The largest absolute Gasteiger partial charge is 0.492 e. The maximum absolute atomic E-state index is 11.2. The Labute approximate surface area is 149 Å². The fraction of sp³-hybridized carbons (Fsp3) is 0.579. The number of carbonyl (C=O) groups excluding carboxylic acids is 1. The van der Waals surface area contributed by atoms with Crippen molar-refractivity contribution in [3.8, 4) is 0 Å². The van der Waals surface area contributed by atoms with E-state index < -0.39 is 6.10 Å². The number of aliphatic imine (C=N–C) groups is 1. The Kier molecular flexibility index (Phi) is 6.04. The van der Waals surface area contributed by atoms with Gasteiger partial charge in [0.2, 0.25) is 0 Å². The minimum Gasteiger partial charge on any atom is -0.492 e. The zero-order valence-corrected chi connectivity index (χ0v) is 14.8. The van der Waals surface area contributed by atoms with Crippen LogP contribution in [-0.2, 0) is 9.53 Å². The Morgan fingerprint density at radius 3 is 3.00 bits per heavy atom. The van der Waals surface area contributed by atoms with Crippen LogP contribution in [0.3, 0.4) is 0 Å². The minimum absolute atomic E-state index is 0.168. The van der Waals surface area contributed by atoms with Crippen molar-refractivity contribution in [1.29, 1.82) is 0 Å². The highest BCUT2D eigenvalue weighted by atomic mass is 16.5. The first kappa shape index (κ1) is 17.9. The normalized spacial score (nSPS) is 27.9. The Morgan fingerprint density at radius 2 is 2.16 bits per heavy atom. The molecule has 25 heavy (non-hydrogen) atoms. The number of aldehydes is 1. The lowest BCUT2D eigenvalue weighted by molar-refractivity contribution is -0.106. The third kappa shape index (κ3) is 4.38. The topological polar surface area (TPSA) is 65.4 Å². The summed E-state index contributed by atoms with van der Waals surface area (Å²) in [6.07, 6.45) is 9.95. The van der Waals surface area contributed by atoms with Gasteiger partial charge in [-0.1, -0.05) is 12.2 Å². The maximum Gasteiger partial charge on any atom is 0.152 e. The monoisotopic (exact) mass is 345 g/mol. The van der Waals surface area contributed by atoms with Gasteiger partial charge < -0.3 is 19.6 Å². The van der Waals surface area contributed by atoms with Gasteiger partial charge in [0.25, 0.3) is 0 Å². The molecule has 1 N–H and O–H groups in total. The molecule has 1 fully saturated rings. The number of aliphatic hydroxyl groups excluding tert-OH is 1. The maximum atomic E-state index is 11.2. The number of likely N-dealkylation sites (N-methyl/N-ethyl adjacent to an activating group) is 1. The van der Waals surface area contributed by atoms with Crippen molar-refractivity contribution in [2.75, 3.05) is 39.8 Å². The zero-order chi connectivity index (χ0) is 17.6. The third-order valence-corrected chi connectivity index (χ3v) is 4.98. The lowest BCUT2D eigenvalue weighted by atomic mass is 10.00. The van der Waals surface area contributed by atoms with E-state index in [-0.39, 0.29) is 5.92 Å². The lowest BCUT2D eigenvalue weighted by Gasteiger charge is -2.31. The summed E-state index contributed by atoms with van der Waals surface area (Å²) in [4.78, 5) is 20.6. The first-order valence-electron chi connectivity index (χ1n) is 9.02. The molecule has 1 saturated heterocycles. The number of nitrogens with zero attached hydrogens (tertiary/aromatic N) is 3. The minimum atomic E-state index is -0.766. The number of aliphatic hydroxyl groups is 1. The molecular weight excluding hydrogens is 318 g/mol. The molecule has 0 aromatic heterocycles. The highest BCUT2D eigenvalue weighted by Gasteiger charge is 2.26. The van der Waals surface area contributed by atoms with Crippen LogP contribution in [0.5, 0.6) is 0 Å². The molecule has 0 bridgehead atoms. The number of ether oxygens (including phenoxy) is 1. The van der Waals surface area contributed by atoms with Gasteiger partial charge in [-0.3, -0.25) is 4.79 Å². The first-order valence-corrected chi connectivity index (χ1v) is 9.02. The summed E-state index contributed by atoms with van der Waals surface area (Å²) in [5, 5.41) is 9.92. The fourth-order valence-corrected chi connectivity index (χ4v) is 3.47. The number of allylic oxidation sites excluding steroid dienone is 2. The van der Waals surface area contributed by atoms with Gasteiger partial charge in [0.05, 0.1) is 24.2 Å². The molecule has 1 aliphatic carbocycles. The summed E-state index contributed by atoms with van der Waals surface area (Å²) in [6.45, 7) is 4.58. The van der Waals surface area contributed by atoms with Gasteiger partial charge in [0.1, 0.15) is 11.6 Å². The number of hydrogen-bond donors (Lipinski definition) is 1. The van der Waals surface area contributed by atoms with E-state index in [1.54, 1.807) is 6.08 Å². The zero-order valence-electron chi connectivity index (χ0n) is 14.8. The van der Waals surface area contributed by atoms with Gasteiger partial charge in [-0.2, -0.15) is 0 Å². The molecule has 0 spiro atoms. The lowest BCUT2D eigenvalue weighted by Crippen LogP contribution is -2.41. The average Bonchev–Trinajstić information content (AvgIpc) is 2.85. The second-order valence-electron chi connectivity index (χ2n) is 6.85. The smallest absolute Gasteiger partial charge is 0.152 e. The van der Waals surface area contributed by atoms with E-state index in [0.29, 0.717) is 30.6 Å². The van der Waals surface area contributed by atoms with E-state index >= 15 is 0 Å². The highest BCUT2D eigenvalue weighted by molar-refractivity contribution is 5.86. The quantitative estimate of drug-likeness (QED) is 0.779. The summed E-state index contributed by atoms with van der Waals surface area (Å²) in [7, 11) is 2.15.